The van der Waals surface area contributed by atoms with E-state index in [1.165, 1.54) is 24.7 Å². The van der Waals surface area contributed by atoms with Crippen LogP contribution in [-0.4, -0.2) is 17.0 Å². The second-order valence-corrected chi connectivity index (χ2v) is 4.07. The number of rotatable bonds is 4. The van der Waals surface area contributed by atoms with Crippen molar-refractivity contribution >= 4 is 18.0 Å². The summed E-state index contributed by atoms with van der Waals surface area (Å²) in [4.78, 5) is 22.9. The van der Waals surface area contributed by atoms with Crippen molar-refractivity contribution in [1.29, 1.82) is 0 Å². The highest BCUT2D eigenvalue weighted by molar-refractivity contribution is 5.97. The number of benzene rings is 1. The van der Waals surface area contributed by atoms with Crippen LogP contribution in [0.4, 0.5) is 0 Å². The molecule has 1 heterocycles. The predicted molar refractivity (Wildman–Crippen MR) is 71.4 cm³/mol. The first-order valence-corrected chi connectivity index (χ1v) is 5.83. The highest BCUT2D eigenvalue weighted by Crippen LogP contribution is 2.19. The lowest BCUT2D eigenvalue weighted by Crippen LogP contribution is -2.12. The van der Waals surface area contributed by atoms with E-state index in [2.05, 4.69) is 0 Å². The van der Waals surface area contributed by atoms with E-state index in [1.807, 2.05) is 0 Å². The van der Waals surface area contributed by atoms with Gasteiger partial charge in [-0.15, -0.1) is 0 Å². The third-order valence-corrected chi connectivity index (χ3v) is 2.57. The molecule has 0 aliphatic carbocycles. The molecule has 0 bridgehead atoms. The normalized spacial score (nSPS) is 11.2. The molecule has 0 radical (unpaired) electrons. The van der Waals surface area contributed by atoms with Gasteiger partial charge in [-0.25, -0.2) is 9.59 Å². The van der Waals surface area contributed by atoms with Crippen LogP contribution in [0.1, 0.15) is 22.8 Å². The van der Waals surface area contributed by atoms with Gasteiger partial charge in [0.15, 0.2) is 0 Å². The van der Waals surface area contributed by atoms with Crippen molar-refractivity contribution in [3.8, 4) is 5.75 Å². The van der Waals surface area contributed by atoms with E-state index < -0.39 is 11.9 Å². The number of hydrogen-bond donors (Lipinski definition) is 1. The number of para-hydroxylation sites is 1. The maximum absolute atomic E-state index is 11.9. The number of furan rings is 1. The van der Waals surface area contributed by atoms with Gasteiger partial charge in [0.2, 0.25) is 0 Å². The van der Waals surface area contributed by atoms with Crippen molar-refractivity contribution in [1.82, 2.24) is 0 Å². The van der Waals surface area contributed by atoms with Crippen LogP contribution in [-0.2, 0) is 4.79 Å². The van der Waals surface area contributed by atoms with E-state index >= 15 is 0 Å². The number of hydrogen-bond acceptors (Lipinski definition) is 4. The molecule has 0 atom stereocenters. The number of ether oxygens (including phenoxy) is 1. The number of carboxylic acids is 1. The van der Waals surface area contributed by atoms with Crippen molar-refractivity contribution in [3.63, 3.8) is 0 Å². The van der Waals surface area contributed by atoms with E-state index in [0.717, 1.165) is 5.56 Å². The summed E-state index contributed by atoms with van der Waals surface area (Å²) in [6.45, 7) is 1.58. The van der Waals surface area contributed by atoms with Gasteiger partial charge in [0.05, 0.1) is 12.5 Å². The fourth-order valence-electron chi connectivity index (χ4n) is 1.58. The van der Waals surface area contributed by atoms with Crippen LogP contribution in [0.15, 0.2) is 52.8 Å². The average Bonchev–Trinajstić information content (AvgIpc) is 2.91. The van der Waals surface area contributed by atoms with Crippen molar-refractivity contribution in [2.24, 2.45) is 0 Å². The minimum Gasteiger partial charge on any atom is -0.478 e. The van der Waals surface area contributed by atoms with Crippen LogP contribution >= 0.6 is 0 Å². The topological polar surface area (TPSA) is 76.7 Å². The monoisotopic (exact) mass is 272 g/mol. The highest BCUT2D eigenvalue weighted by atomic mass is 16.5. The molecule has 102 valence electrons. The standard InChI is InChI=1S/C15H12O5/c1-10(8-11-6-7-19-9-11)15(18)20-13-5-3-2-4-12(13)14(16)17/h2-9H,1H3,(H,16,17). The fraction of sp³-hybridized carbons (Fsp3) is 0.0667. The van der Waals surface area contributed by atoms with Gasteiger partial charge in [-0.3, -0.25) is 0 Å². The Balaban J connectivity index is 2.18. The fourth-order valence-corrected chi connectivity index (χ4v) is 1.58. The molecule has 0 amide bonds. The summed E-state index contributed by atoms with van der Waals surface area (Å²) in [5.74, 6) is -1.74. The van der Waals surface area contributed by atoms with Gasteiger partial charge < -0.3 is 14.3 Å². The Morgan fingerprint density at radius 3 is 2.65 bits per heavy atom. The minimum absolute atomic E-state index is 0.0185. The zero-order valence-electron chi connectivity index (χ0n) is 10.7. The molecule has 5 nitrogen and oxygen atoms in total. The number of carbonyl (C=O) groups is 2. The second-order valence-electron chi connectivity index (χ2n) is 4.07. The van der Waals surface area contributed by atoms with E-state index in [1.54, 1.807) is 31.2 Å². The first kappa shape index (κ1) is 13.6. The van der Waals surface area contributed by atoms with Crippen molar-refractivity contribution in [3.05, 3.63) is 59.6 Å². The summed E-state index contributed by atoms with van der Waals surface area (Å²) in [5.41, 5.74) is 1.01. The quantitative estimate of drug-likeness (QED) is 0.526. The molecule has 5 heteroatoms. The molecule has 1 N–H and O–H groups in total. The largest absolute Gasteiger partial charge is 0.478 e. The van der Waals surface area contributed by atoms with Gasteiger partial charge in [-0.2, -0.15) is 0 Å². The Kier molecular flexibility index (Phi) is 4.00. The number of carboxylic acid groups (broad SMARTS) is 1. The Bertz CT molecular complexity index is 653. The SMILES string of the molecule is CC(=Cc1ccoc1)C(=O)Oc1ccccc1C(=O)O. The number of esters is 1. The molecule has 1 aromatic heterocycles. The molecule has 0 saturated carbocycles. The Hall–Kier alpha value is -2.82. The maximum atomic E-state index is 11.9. The van der Waals surface area contributed by atoms with Gasteiger partial charge in [0.1, 0.15) is 11.3 Å². The summed E-state index contributed by atoms with van der Waals surface area (Å²) < 4.78 is 9.99. The lowest BCUT2D eigenvalue weighted by molar-refractivity contribution is -0.130. The second kappa shape index (κ2) is 5.88. The van der Waals surface area contributed by atoms with Crippen LogP contribution in [0, 0.1) is 0 Å². The van der Waals surface area contributed by atoms with E-state index in [4.69, 9.17) is 14.3 Å². The van der Waals surface area contributed by atoms with Crippen LogP contribution in [0.25, 0.3) is 6.08 Å². The Labute approximate surface area is 115 Å². The number of carbonyl (C=O) groups excluding carboxylic acids is 1. The molecular formula is C15H12O5. The third kappa shape index (κ3) is 3.14. The highest BCUT2D eigenvalue weighted by Gasteiger charge is 2.14. The van der Waals surface area contributed by atoms with Gasteiger partial charge >= 0.3 is 11.9 Å². The summed E-state index contributed by atoms with van der Waals surface area (Å²) in [6.07, 6.45) is 4.57. The van der Waals surface area contributed by atoms with Crippen molar-refractivity contribution in [2.45, 2.75) is 6.92 Å². The van der Waals surface area contributed by atoms with Crippen molar-refractivity contribution in [2.75, 3.05) is 0 Å². The molecule has 20 heavy (non-hydrogen) atoms. The first-order valence-electron chi connectivity index (χ1n) is 5.83. The lowest BCUT2D eigenvalue weighted by atomic mass is 10.2. The Morgan fingerprint density at radius 1 is 1.25 bits per heavy atom. The van der Waals surface area contributed by atoms with E-state index in [0.29, 0.717) is 5.57 Å². The van der Waals surface area contributed by atoms with Crippen LogP contribution in [0.5, 0.6) is 5.75 Å². The zero-order chi connectivity index (χ0) is 14.5. The lowest BCUT2D eigenvalue weighted by Gasteiger charge is -2.07. The average molecular weight is 272 g/mol. The third-order valence-electron chi connectivity index (χ3n) is 2.57. The molecule has 2 rings (SSSR count). The van der Waals surface area contributed by atoms with Gasteiger partial charge in [-0.05, 0) is 31.2 Å². The molecule has 1 aromatic carbocycles. The predicted octanol–water partition coefficient (Wildman–Crippen LogP) is 2.99. The molecule has 0 aliphatic heterocycles. The molecule has 0 fully saturated rings. The van der Waals surface area contributed by atoms with Crippen LogP contribution in [0.2, 0.25) is 0 Å². The summed E-state index contributed by atoms with van der Waals surface area (Å²) >= 11 is 0. The molecule has 0 unspecified atom stereocenters. The smallest absolute Gasteiger partial charge is 0.339 e. The maximum Gasteiger partial charge on any atom is 0.339 e. The van der Waals surface area contributed by atoms with Gasteiger partial charge in [0.25, 0.3) is 0 Å². The van der Waals surface area contributed by atoms with E-state index in [-0.39, 0.29) is 11.3 Å². The molecule has 2 aromatic rings. The first-order chi connectivity index (χ1) is 9.58. The van der Waals surface area contributed by atoms with Crippen molar-refractivity contribution < 1.29 is 23.8 Å². The summed E-state index contributed by atoms with van der Waals surface area (Å²) in [7, 11) is 0. The van der Waals surface area contributed by atoms with Gasteiger partial charge in [-0.1, -0.05) is 12.1 Å². The molecular weight excluding hydrogens is 260 g/mol. The zero-order valence-corrected chi connectivity index (χ0v) is 10.7. The van der Waals surface area contributed by atoms with Gasteiger partial charge in [0, 0.05) is 11.1 Å². The molecule has 0 saturated heterocycles. The van der Waals surface area contributed by atoms with Crippen LogP contribution in [0.3, 0.4) is 0 Å². The number of aromatic carboxylic acids is 1. The minimum atomic E-state index is -1.15. The summed E-state index contributed by atoms with van der Waals surface area (Å²) in [6, 6.07) is 7.67. The Morgan fingerprint density at radius 2 is 2.00 bits per heavy atom. The molecule has 0 aliphatic rings. The molecule has 0 spiro atoms. The summed E-state index contributed by atoms with van der Waals surface area (Å²) in [5, 5.41) is 9.01. The van der Waals surface area contributed by atoms with Crippen LogP contribution < -0.4 is 4.74 Å². The van der Waals surface area contributed by atoms with E-state index in [9.17, 15) is 9.59 Å².